The lowest BCUT2D eigenvalue weighted by Crippen LogP contribution is -2.55. The van der Waals surface area contributed by atoms with Gasteiger partial charge in [-0.05, 0) is 48.2 Å². The molecule has 3 aromatic rings. The van der Waals surface area contributed by atoms with Crippen LogP contribution in [0, 0.1) is 0 Å². The van der Waals surface area contributed by atoms with Crippen molar-refractivity contribution >= 4 is 27.5 Å². The van der Waals surface area contributed by atoms with Crippen LogP contribution in [0.25, 0.3) is 0 Å². The number of anilines is 1. The molecule has 234 valence electrons. The van der Waals surface area contributed by atoms with E-state index in [9.17, 15) is 18.0 Å². The molecule has 1 N–H and O–H groups in total. The molecule has 0 bridgehead atoms. The number of ether oxygens (including phenoxy) is 3. The van der Waals surface area contributed by atoms with E-state index in [0.29, 0.717) is 17.2 Å². The zero-order valence-electron chi connectivity index (χ0n) is 25.1. The second-order valence-corrected chi connectivity index (χ2v) is 13.1. The number of carbonyl (C=O) groups is 2. The SMILES string of the molecule is COc1cccc(CN(C(=O)CN(c2ccc3c(c2)OCO3)S(C)(=O)=O)[C@@H](Cc2ccccc2)C(=O)NC2CCCCC2)c1. The molecular weight excluding hydrogens is 582 g/mol. The molecule has 1 fully saturated rings. The molecule has 0 saturated heterocycles. The van der Waals surface area contributed by atoms with Crippen molar-refractivity contribution in [3.05, 3.63) is 83.9 Å². The van der Waals surface area contributed by atoms with Gasteiger partial charge < -0.3 is 24.4 Å². The van der Waals surface area contributed by atoms with Crippen LogP contribution < -0.4 is 23.8 Å². The standard InChI is InChI=1S/C33H39N3O7S/c1-41-28-15-9-12-25(18-28)21-35(29(19-24-10-5-3-6-11-24)33(38)34-26-13-7-4-8-14-26)32(37)22-36(44(2,39)40)27-16-17-30-31(20-27)43-23-42-30/h3,5-6,9-12,15-18,20,26,29H,4,7-8,13-14,19,21-23H2,1-2H3,(H,34,38)/t29-/m0/s1. The average molecular weight is 622 g/mol. The fourth-order valence-corrected chi connectivity index (χ4v) is 6.56. The second-order valence-electron chi connectivity index (χ2n) is 11.2. The summed E-state index contributed by atoms with van der Waals surface area (Å²) in [6.45, 7) is -0.406. The van der Waals surface area contributed by atoms with Gasteiger partial charge in [0.2, 0.25) is 28.6 Å². The average Bonchev–Trinajstić information content (AvgIpc) is 3.50. The van der Waals surface area contributed by atoms with Crippen molar-refractivity contribution in [1.82, 2.24) is 10.2 Å². The summed E-state index contributed by atoms with van der Waals surface area (Å²) in [5.74, 6) is 0.724. The second kappa shape index (κ2) is 14.0. The molecule has 1 heterocycles. The van der Waals surface area contributed by atoms with Crippen molar-refractivity contribution in [2.75, 3.05) is 31.0 Å². The Balaban J connectivity index is 1.51. The fraction of sp³-hybridized carbons (Fsp3) is 0.394. The van der Waals surface area contributed by atoms with Crippen LogP contribution in [-0.4, -0.2) is 63.9 Å². The highest BCUT2D eigenvalue weighted by Gasteiger charge is 2.34. The molecule has 1 aliphatic carbocycles. The van der Waals surface area contributed by atoms with E-state index in [1.54, 1.807) is 31.4 Å². The van der Waals surface area contributed by atoms with E-state index < -0.39 is 28.5 Å². The number of sulfonamides is 1. The Morgan fingerprint density at radius 2 is 1.66 bits per heavy atom. The molecule has 1 aliphatic heterocycles. The van der Waals surface area contributed by atoms with Gasteiger partial charge in [0.05, 0.1) is 19.1 Å². The Bertz CT molecular complexity index is 1560. The first kappa shape index (κ1) is 31.2. The van der Waals surface area contributed by atoms with Gasteiger partial charge in [0, 0.05) is 25.1 Å². The van der Waals surface area contributed by atoms with Crippen molar-refractivity contribution in [3.63, 3.8) is 0 Å². The molecule has 1 saturated carbocycles. The molecule has 0 spiro atoms. The van der Waals surface area contributed by atoms with Gasteiger partial charge in [-0.3, -0.25) is 13.9 Å². The fourth-order valence-electron chi connectivity index (χ4n) is 5.72. The summed E-state index contributed by atoms with van der Waals surface area (Å²) in [5, 5.41) is 3.21. The number of fused-ring (bicyclic) bond motifs is 1. The van der Waals surface area contributed by atoms with Crippen LogP contribution >= 0.6 is 0 Å². The minimum Gasteiger partial charge on any atom is -0.497 e. The van der Waals surface area contributed by atoms with Crippen molar-refractivity contribution < 1.29 is 32.2 Å². The molecule has 1 atom stereocenters. The largest absolute Gasteiger partial charge is 0.497 e. The molecule has 44 heavy (non-hydrogen) atoms. The lowest BCUT2D eigenvalue weighted by atomic mass is 9.94. The van der Waals surface area contributed by atoms with Crippen LogP contribution in [0.4, 0.5) is 5.69 Å². The van der Waals surface area contributed by atoms with E-state index in [2.05, 4.69) is 5.32 Å². The molecule has 10 nitrogen and oxygen atoms in total. The number of amides is 2. The highest BCUT2D eigenvalue weighted by Crippen LogP contribution is 2.36. The van der Waals surface area contributed by atoms with Gasteiger partial charge in [0.1, 0.15) is 18.3 Å². The van der Waals surface area contributed by atoms with Crippen molar-refractivity contribution in [1.29, 1.82) is 0 Å². The highest BCUT2D eigenvalue weighted by molar-refractivity contribution is 7.92. The van der Waals surface area contributed by atoms with Gasteiger partial charge >= 0.3 is 0 Å². The Hall–Kier alpha value is -4.25. The summed E-state index contributed by atoms with van der Waals surface area (Å²) < 4.78 is 43.4. The smallest absolute Gasteiger partial charge is 0.244 e. The number of carbonyl (C=O) groups excluding carboxylic acids is 2. The maximum absolute atomic E-state index is 14.3. The van der Waals surface area contributed by atoms with Gasteiger partial charge in [-0.15, -0.1) is 0 Å². The maximum atomic E-state index is 14.3. The number of hydrogen-bond donors (Lipinski definition) is 1. The maximum Gasteiger partial charge on any atom is 0.244 e. The topological polar surface area (TPSA) is 114 Å². The van der Waals surface area contributed by atoms with Gasteiger partial charge in [-0.25, -0.2) is 8.42 Å². The summed E-state index contributed by atoms with van der Waals surface area (Å²) in [6, 6.07) is 20.7. The summed E-state index contributed by atoms with van der Waals surface area (Å²) in [4.78, 5) is 29.9. The first-order valence-corrected chi connectivity index (χ1v) is 16.7. The quantitative estimate of drug-likeness (QED) is 0.321. The molecule has 2 amide bonds. The Morgan fingerprint density at radius 3 is 2.39 bits per heavy atom. The Morgan fingerprint density at radius 1 is 0.932 bits per heavy atom. The van der Waals surface area contributed by atoms with E-state index in [1.165, 1.54) is 4.90 Å². The van der Waals surface area contributed by atoms with E-state index >= 15 is 0 Å². The minimum absolute atomic E-state index is 0.0299. The van der Waals surface area contributed by atoms with Crippen LogP contribution in [-0.2, 0) is 32.6 Å². The lowest BCUT2D eigenvalue weighted by molar-refractivity contribution is -0.140. The molecule has 0 radical (unpaired) electrons. The van der Waals surface area contributed by atoms with E-state index in [4.69, 9.17) is 14.2 Å². The predicted octanol–water partition coefficient (Wildman–Crippen LogP) is 4.28. The number of hydrogen-bond acceptors (Lipinski definition) is 7. The van der Waals surface area contributed by atoms with E-state index in [1.807, 2.05) is 48.5 Å². The first-order valence-electron chi connectivity index (χ1n) is 14.9. The molecule has 5 rings (SSSR count). The normalized spacial score (nSPS) is 15.3. The van der Waals surface area contributed by atoms with E-state index in [-0.39, 0.29) is 37.4 Å². The molecule has 2 aliphatic rings. The Kier molecular flexibility index (Phi) is 9.94. The van der Waals surface area contributed by atoms with Crippen LogP contribution in [0.15, 0.2) is 72.8 Å². The monoisotopic (exact) mass is 621 g/mol. The zero-order valence-corrected chi connectivity index (χ0v) is 25.9. The molecule has 0 unspecified atom stereocenters. The van der Waals surface area contributed by atoms with E-state index in [0.717, 1.165) is 53.8 Å². The number of methoxy groups -OCH3 is 1. The van der Waals surface area contributed by atoms with Crippen molar-refractivity contribution in [3.8, 4) is 17.2 Å². The Labute approximate surface area is 259 Å². The number of benzene rings is 3. The number of rotatable bonds is 12. The summed E-state index contributed by atoms with van der Waals surface area (Å²) in [5.41, 5.74) is 1.89. The third kappa shape index (κ3) is 7.82. The van der Waals surface area contributed by atoms with Gasteiger partial charge in [0.25, 0.3) is 0 Å². The first-order chi connectivity index (χ1) is 21.2. The third-order valence-electron chi connectivity index (χ3n) is 8.03. The van der Waals surface area contributed by atoms with Crippen molar-refractivity contribution in [2.45, 2.75) is 57.2 Å². The number of nitrogens with zero attached hydrogens (tertiary/aromatic N) is 2. The molecule has 3 aromatic carbocycles. The van der Waals surface area contributed by atoms with Gasteiger partial charge in [-0.1, -0.05) is 61.7 Å². The number of nitrogens with one attached hydrogen (secondary N) is 1. The molecular formula is C33H39N3O7S. The van der Waals surface area contributed by atoms with Gasteiger partial charge in [0.15, 0.2) is 11.5 Å². The summed E-state index contributed by atoms with van der Waals surface area (Å²) in [6.07, 6.45) is 6.31. The third-order valence-corrected chi connectivity index (χ3v) is 9.17. The molecule has 11 heteroatoms. The zero-order chi connectivity index (χ0) is 31.1. The summed E-state index contributed by atoms with van der Waals surface area (Å²) in [7, 11) is -2.34. The van der Waals surface area contributed by atoms with Crippen molar-refractivity contribution in [2.24, 2.45) is 0 Å². The minimum atomic E-state index is -3.91. The van der Waals surface area contributed by atoms with Crippen LogP contribution in [0.1, 0.15) is 43.2 Å². The summed E-state index contributed by atoms with van der Waals surface area (Å²) >= 11 is 0. The van der Waals surface area contributed by atoms with Crippen LogP contribution in [0.3, 0.4) is 0 Å². The van der Waals surface area contributed by atoms with Crippen LogP contribution in [0.2, 0.25) is 0 Å². The lowest BCUT2D eigenvalue weighted by Gasteiger charge is -2.35. The van der Waals surface area contributed by atoms with Gasteiger partial charge in [-0.2, -0.15) is 0 Å². The highest BCUT2D eigenvalue weighted by atomic mass is 32.2. The predicted molar refractivity (Wildman–Crippen MR) is 167 cm³/mol. The van der Waals surface area contributed by atoms with Crippen LogP contribution in [0.5, 0.6) is 17.2 Å². The molecule has 0 aromatic heterocycles.